The number of halogens is 1. The van der Waals surface area contributed by atoms with Crippen molar-refractivity contribution < 1.29 is 9.53 Å². The van der Waals surface area contributed by atoms with Gasteiger partial charge >= 0.3 is 0 Å². The number of carbonyl (C=O) groups excluding carboxylic acids is 1. The van der Waals surface area contributed by atoms with E-state index in [1.54, 1.807) is 6.20 Å². The number of nitrogens with zero attached hydrogens (tertiary/aromatic N) is 2. The molecule has 22 heavy (non-hydrogen) atoms. The lowest BCUT2D eigenvalue weighted by atomic mass is 10.2. The number of anilines is 1. The molecule has 0 fully saturated rings. The van der Waals surface area contributed by atoms with Gasteiger partial charge in [-0.3, -0.25) is 4.79 Å². The Balaban J connectivity index is 0.00000242. The number of benzene rings is 1. The first-order valence-electron chi connectivity index (χ1n) is 6.41. The Morgan fingerprint density at radius 2 is 2.23 bits per heavy atom. The van der Waals surface area contributed by atoms with Crippen molar-refractivity contribution in [2.75, 3.05) is 19.0 Å². The summed E-state index contributed by atoms with van der Waals surface area (Å²) in [7, 11) is 3.43. The standard InChI is InChI=1S/C14H18N4O2S.ClH/c1-18-8-7-16-14(18)21-12-6-4-3-5-11(12)17-13(19)10(15)9-20-2;/h3-8,10H,9,15H2,1-2H3,(H,17,19);1H. The Morgan fingerprint density at radius 1 is 1.50 bits per heavy atom. The van der Waals surface area contributed by atoms with Crippen molar-refractivity contribution in [1.82, 2.24) is 9.55 Å². The third-order valence-electron chi connectivity index (χ3n) is 2.81. The highest BCUT2D eigenvalue weighted by Gasteiger charge is 2.15. The van der Waals surface area contributed by atoms with Gasteiger partial charge in [0.2, 0.25) is 5.91 Å². The minimum atomic E-state index is -0.693. The lowest BCUT2D eigenvalue weighted by Gasteiger charge is -2.14. The first-order chi connectivity index (χ1) is 10.1. The van der Waals surface area contributed by atoms with Gasteiger partial charge in [-0.2, -0.15) is 0 Å². The zero-order valence-electron chi connectivity index (χ0n) is 12.4. The van der Waals surface area contributed by atoms with Gasteiger partial charge in [0.05, 0.1) is 12.3 Å². The number of ether oxygens (including phenoxy) is 1. The van der Waals surface area contributed by atoms with Gasteiger partial charge in [-0.05, 0) is 23.9 Å². The van der Waals surface area contributed by atoms with Crippen LogP contribution in [0.2, 0.25) is 0 Å². The van der Waals surface area contributed by atoms with E-state index in [1.807, 2.05) is 42.1 Å². The number of nitrogens with two attached hydrogens (primary N) is 1. The number of aryl methyl sites for hydroxylation is 1. The maximum absolute atomic E-state index is 12.0. The van der Waals surface area contributed by atoms with Crippen molar-refractivity contribution in [1.29, 1.82) is 0 Å². The second-order valence-electron chi connectivity index (χ2n) is 4.47. The number of carbonyl (C=O) groups is 1. The first kappa shape index (κ1) is 18.5. The van der Waals surface area contributed by atoms with Crippen molar-refractivity contribution in [3.8, 4) is 0 Å². The fourth-order valence-electron chi connectivity index (χ4n) is 1.69. The number of imidazole rings is 1. The molecule has 1 aromatic carbocycles. The number of hydrogen-bond acceptors (Lipinski definition) is 5. The summed E-state index contributed by atoms with van der Waals surface area (Å²) in [5, 5.41) is 3.67. The number of para-hydroxylation sites is 1. The Labute approximate surface area is 139 Å². The van der Waals surface area contributed by atoms with E-state index in [9.17, 15) is 4.79 Å². The summed E-state index contributed by atoms with van der Waals surface area (Å²) >= 11 is 1.48. The molecule has 0 aliphatic heterocycles. The van der Waals surface area contributed by atoms with E-state index in [1.165, 1.54) is 18.9 Å². The largest absolute Gasteiger partial charge is 0.383 e. The molecule has 2 rings (SSSR count). The van der Waals surface area contributed by atoms with Crippen molar-refractivity contribution in [3.63, 3.8) is 0 Å². The zero-order valence-corrected chi connectivity index (χ0v) is 14.0. The van der Waals surface area contributed by atoms with E-state index in [0.29, 0.717) is 5.69 Å². The van der Waals surface area contributed by atoms with E-state index in [2.05, 4.69) is 10.3 Å². The van der Waals surface area contributed by atoms with Gasteiger partial charge in [-0.1, -0.05) is 12.1 Å². The fraction of sp³-hybridized carbons (Fsp3) is 0.286. The van der Waals surface area contributed by atoms with Crippen LogP contribution >= 0.6 is 24.2 Å². The van der Waals surface area contributed by atoms with Crippen LogP contribution in [0.1, 0.15) is 0 Å². The molecule has 1 heterocycles. The molecule has 0 spiro atoms. The van der Waals surface area contributed by atoms with Crippen LogP contribution in [0.25, 0.3) is 0 Å². The number of hydrogen-bond donors (Lipinski definition) is 2. The summed E-state index contributed by atoms with van der Waals surface area (Å²) in [6.45, 7) is 0.181. The summed E-state index contributed by atoms with van der Waals surface area (Å²) in [6, 6.07) is 6.84. The van der Waals surface area contributed by atoms with Crippen LogP contribution in [0.15, 0.2) is 46.7 Å². The van der Waals surface area contributed by atoms with Crippen molar-refractivity contribution in [2.24, 2.45) is 12.8 Å². The molecule has 0 bridgehead atoms. The predicted octanol–water partition coefficient (Wildman–Crippen LogP) is 1.91. The Bertz CT molecular complexity index is 620. The molecule has 0 radical (unpaired) electrons. The molecule has 0 aliphatic rings. The topological polar surface area (TPSA) is 82.2 Å². The molecule has 6 nitrogen and oxygen atoms in total. The number of amides is 1. The number of aromatic nitrogens is 2. The van der Waals surface area contributed by atoms with Crippen molar-refractivity contribution >= 4 is 35.8 Å². The third-order valence-corrected chi connectivity index (χ3v) is 3.96. The van der Waals surface area contributed by atoms with E-state index < -0.39 is 6.04 Å². The number of rotatable bonds is 6. The Morgan fingerprint density at radius 3 is 2.86 bits per heavy atom. The highest BCUT2D eigenvalue weighted by molar-refractivity contribution is 7.99. The summed E-state index contributed by atoms with van der Waals surface area (Å²) < 4.78 is 6.81. The number of methoxy groups -OCH3 is 1. The molecule has 0 aliphatic carbocycles. The zero-order chi connectivity index (χ0) is 15.2. The molecule has 1 aromatic heterocycles. The molecule has 0 saturated carbocycles. The minimum Gasteiger partial charge on any atom is -0.383 e. The van der Waals surface area contributed by atoms with Gasteiger partial charge < -0.3 is 20.4 Å². The Hall–Kier alpha value is -1.54. The summed E-state index contributed by atoms with van der Waals surface area (Å²) in [5.74, 6) is -0.273. The normalized spacial score (nSPS) is 11.6. The fourth-order valence-corrected chi connectivity index (χ4v) is 2.58. The smallest absolute Gasteiger partial charge is 0.243 e. The monoisotopic (exact) mass is 342 g/mol. The van der Waals surface area contributed by atoms with Crippen LogP contribution in [0.3, 0.4) is 0 Å². The van der Waals surface area contributed by atoms with E-state index >= 15 is 0 Å². The molecule has 120 valence electrons. The van der Waals surface area contributed by atoms with Crippen LogP contribution in [0.5, 0.6) is 0 Å². The Kier molecular flexibility index (Phi) is 7.40. The lowest BCUT2D eigenvalue weighted by Crippen LogP contribution is -2.39. The first-order valence-corrected chi connectivity index (χ1v) is 7.23. The van der Waals surface area contributed by atoms with E-state index in [0.717, 1.165) is 10.1 Å². The van der Waals surface area contributed by atoms with Gasteiger partial charge in [0.15, 0.2) is 5.16 Å². The molecule has 2 aromatic rings. The van der Waals surface area contributed by atoms with Crippen LogP contribution in [0, 0.1) is 0 Å². The minimum absolute atomic E-state index is 0. The molecule has 1 unspecified atom stereocenters. The van der Waals surface area contributed by atoms with Gasteiger partial charge in [0, 0.05) is 31.4 Å². The summed E-state index contributed by atoms with van der Waals surface area (Å²) in [5.41, 5.74) is 6.44. The van der Waals surface area contributed by atoms with Crippen molar-refractivity contribution in [2.45, 2.75) is 16.1 Å². The average molecular weight is 343 g/mol. The maximum Gasteiger partial charge on any atom is 0.243 e. The van der Waals surface area contributed by atoms with Gasteiger partial charge in [-0.25, -0.2) is 4.98 Å². The highest BCUT2D eigenvalue weighted by atomic mass is 35.5. The van der Waals surface area contributed by atoms with Crippen molar-refractivity contribution in [3.05, 3.63) is 36.7 Å². The van der Waals surface area contributed by atoms with Gasteiger partial charge in [0.1, 0.15) is 6.04 Å². The molecule has 0 saturated heterocycles. The second kappa shape index (κ2) is 8.79. The average Bonchev–Trinajstić information content (AvgIpc) is 2.86. The van der Waals surface area contributed by atoms with Crippen LogP contribution < -0.4 is 11.1 Å². The SMILES string of the molecule is COCC(N)C(=O)Nc1ccccc1Sc1nccn1C.Cl. The molecule has 1 amide bonds. The van der Waals surface area contributed by atoms with Crippen LogP contribution in [0.4, 0.5) is 5.69 Å². The van der Waals surface area contributed by atoms with Crippen LogP contribution in [-0.4, -0.2) is 35.2 Å². The van der Waals surface area contributed by atoms with E-state index in [-0.39, 0.29) is 24.9 Å². The van der Waals surface area contributed by atoms with Crippen LogP contribution in [-0.2, 0) is 16.6 Å². The highest BCUT2D eigenvalue weighted by Crippen LogP contribution is 2.32. The van der Waals surface area contributed by atoms with E-state index in [4.69, 9.17) is 10.5 Å². The molecular weight excluding hydrogens is 324 g/mol. The van der Waals surface area contributed by atoms with Gasteiger partial charge in [0.25, 0.3) is 0 Å². The summed E-state index contributed by atoms with van der Waals surface area (Å²) in [4.78, 5) is 17.1. The molecular formula is C14H19ClN4O2S. The number of nitrogens with one attached hydrogen (secondary N) is 1. The maximum atomic E-state index is 12.0. The third kappa shape index (κ3) is 4.74. The second-order valence-corrected chi connectivity index (χ2v) is 5.48. The molecule has 3 N–H and O–H groups in total. The molecule has 8 heteroatoms. The quantitative estimate of drug-likeness (QED) is 0.838. The summed E-state index contributed by atoms with van der Waals surface area (Å²) in [6.07, 6.45) is 3.61. The predicted molar refractivity (Wildman–Crippen MR) is 89.5 cm³/mol. The lowest BCUT2D eigenvalue weighted by molar-refractivity contribution is -0.118. The van der Waals surface area contributed by atoms with Gasteiger partial charge in [-0.15, -0.1) is 12.4 Å². The molecule has 1 atom stereocenters.